The number of nitrogens with two attached hydrogens (primary N) is 2. The van der Waals surface area contributed by atoms with Gasteiger partial charge in [-0.15, -0.1) is 5.10 Å². The Morgan fingerprint density at radius 1 is 1.36 bits per heavy atom. The maximum absolute atomic E-state index is 5.47. The van der Waals surface area contributed by atoms with Crippen molar-refractivity contribution in [2.24, 2.45) is 0 Å². The third kappa shape index (κ3) is 0.759. The number of rotatable bonds is 0. The minimum atomic E-state index is 0.248. The predicted octanol–water partition coefficient (Wildman–Crippen LogP) is -0.711. The van der Waals surface area contributed by atoms with Crippen LogP contribution in [0.2, 0.25) is 0 Å². The summed E-state index contributed by atoms with van der Waals surface area (Å²) in [5.41, 5.74) is 11.6. The zero-order chi connectivity index (χ0) is 7.84. The second-order valence-corrected chi connectivity index (χ2v) is 2.11. The largest absolute Gasteiger partial charge is 0.384 e. The Kier molecular flexibility index (Phi) is 0.974. The van der Waals surface area contributed by atoms with E-state index in [2.05, 4.69) is 15.3 Å². The minimum Gasteiger partial charge on any atom is -0.384 e. The molecular weight excluding hydrogens is 144 g/mol. The lowest BCUT2D eigenvalue weighted by Crippen LogP contribution is -2.03. The van der Waals surface area contributed by atoms with Gasteiger partial charge >= 0.3 is 0 Å². The van der Waals surface area contributed by atoms with E-state index in [1.807, 2.05) is 0 Å². The van der Waals surface area contributed by atoms with Gasteiger partial charge < -0.3 is 11.5 Å². The zero-order valence-corrected chi connectivity index (χ0v) is 5.60. The van der Waals surface area contributed by atoms with Crippen LogP contribution in [0, 0.1) is 0 Å². The first-order valence-electron chi connectivity index (χ1n) is 3.00. The molecule has 0 aliphatic heterocycles. The second-order valence-electron chi connectivity index (χ2n) is 2.11. The SMILES string of the molecule is Nc1cc2cnnn2c(N)n1. The second kappa shape index (κ2) is 1.82. The van der Waals surface area contributed by atoms with Crippen molar-refractivity contribution in [3.8, 4) is 0 Å². The van der Waals surface area contributed by atoms with Gasteiger partial charge in [0.25, 0.3) is 0 Å². The summed E-state index contributed by atoms with van der Waals surface area (Å²) in [5.74, 6) is 0.620. The molecular formula is C5H6N6. The quantitative estimate of drug-likeness (QED) is 0.517. The van der Waals surface area contributed by atoms with Crippen LogP contribution in [0.25, 0.3) is 5.52 Å². The molecule has 2 heterocycles. The Morgan fingerprint density at radius 3 is 3.00 bits per heavy atom. The van der Waals surface area contributed by atoms with Crippen LogP contribution >= 0.6 is 0 Å². The molecule has 6 heteroatoms. The fraction of sp³-hybridized carbons (Fsp3) is 0. The Morgan fingerprint density at radius 2 is 2.18 bits per heavy atom. The molecule has 0 saturated carbocycles. The Labute approximate surface area is 61.8 Å². The molecule has 0 unspecified atom stereocenters. The molecule has 11 heavy (non-hydrogen) atoms. The van der Waals surface area contributed by atoms with Crippen molar-refractivity contribution in [2.75, 3.05) is 11.5 Å². The number of fused-ring (bicyclic) bond motifs is 1. The van der Waals surface area contributed by atoms with Gasteiger partial charge in [0.05, 0.1) is 11.7 Å². The summed E-state index contributed by atoms with van der Waals surface area (Å²) < 4.78 is 1.41. The average molecular weight is 150 g/mol. The molecule has 0 aliphatic rings. The maximum Gasteiger partial charge on any atom is 0.225 e. The van der Waals surface area contributed by atoms with E-state index in [9.17, 15) is 0 Å². The van der Waals surface area contributed by atoms with Crippen molar-refractivity contribution < 1.29 is 0 Å². The highest BCUT2D eigenvalue weighted by Gasteiger charge is 2.00. The fourth-order valence-electron chi connectivity index (χ4n) is 0.883. The van der Waals surface area contributed by atoms with E-state index < -0.39 is 0 Å². The van der Waals surface area contributed by atoms with Gasteiger partial charge in [-0.05, 0) is 0 Å². The summed E-state index contributed by atoms with van der Waals surface area (Å²) >= 11 is 0. The lowest BCUT2D eigenvalue weighted by Gasteiger charge is -1.96. The Bertz CT molecular complexity index is 391. The molecule has 0 aromatic carbocycles. The molecule has 6 nitrogen and oxygen atoms in total. The lowest BCUT2D eigenvalue weighted by molar-refractivity contribution is 0.848. The molecule has 56 valence electrons. The highest BCUT2D eigenvalue weighted by Crippen LogP contribution is 2.07. The van der Waals surface area contributed by atoms with E-state index in [1.165, 1.54) is 4.52 Å². The van der Waals surface area contributed by atoms with Crippen molar-refractivity contribution in [1.29, 1.82) is 0 Å². The van der Waals surface area contributed by atoms with Crippen LogP contribution in [0.1, 0.15) is 0 Å². The molecule has 0 aliphatic carbocycles. The number of anilines is 2. The Hall–Kier alpha value is -1.85. The van der Waals surface area contributed by atoms with Gasteiger partial charge in [0.1, 0.15) is 5.82 Å². The molecule has 0 spiro atoms. The van der Waals surface area contributed by atoms with E-state index >= 15 is 0 Å². The van der Waals surface area contributed by atoms with Gasteiger partial charge in [0.15, 0.2) is 0 Å². The zero-order valence-electron chi connectivity index (χ0n) is 5.60. The first-order valence-corrected chi connectivity index (χ1v) is 3.00. The van der Waals surface area contributed by atoms with E-state index in [0.29, 0.717) is 5.82 Å². The molecule has 0 amide bonds. The minimum absolute atomic E-state index is 0.248. The van der Waals surface area contributed by atoms with E-state index in [-0.39, 0.29) is 5.95 Å². The molecule has 0 fully saturated rings. The summed E-state index contributed by atoms with van der Waals surface area (Å²) in [4.78, 5) is 3.79. The monoisotopic (exact) mass is 150 g/mol. The highest BCUT2D eigenvalue weighted by molar-refractivity contribution is 5.54. The van der Waals surface area contributed by atoms with Crippen LogP contribution in [-0.2, 0) is 0 Å². The van der Waals surface area contributed by atoms with Gasteiger partial charge in [-0.3, -0.25) is 0 Å². The molecule has 0 radical (unpaired) electrons. The van der Waals surface area contributed by atoms with Crippen molar-refractivity contribution in [1.82, 2.24) is 19.8 Å². The molecule has 0 saturated heterocycles. The summed E-state index contributed by atoms with van der Waals surface area (Å²) in [6.45, 7) is 0. The first kappa shape index (κ1) is 5.90. The Balaban J connectivity index is 2.91. The van der Waals surface area contributed by atoms with Crippen LogP contribution in [0.3, 0.4) is 0 Å². The van der Waals surface area contributed by atoms with Gasteiger partial charge in [-0.25, -0.2) is 0 Å². The molecule has 2 rings (SSSR count). The number of nitrogen functional groups attached to an aromatic ring is 2. The smallest absolute Gasteiger partial charge is 0.225 e. The lowest BCUT2D eigenvalue weighted by atomic mass is 10.5. The van der Waals surface area contributed by atoms with E-state index in [4.69, 9.17) is 11.5 Å². The van der Waals surface area contributed by atoms with Crippen LogP contribution < -0.4 is 11.5 Å². The molecule has 0 bridgehead atoms. The van der Waals surface area contributed by atoms with Crippen LogP contribution in [0.15, 0.2) is 12.3 Å². The summed E-state index contributed by atoms with van der Waals surface area (Å²) in [6, 6.07) is 1.65. The third-order valence-corrected chi connectivity index (χ3v) is 1.33. The number of aromatic nitrogens is 4. The molecule has 0 atom stereocenters. The molecule has 4 N–H and O–H groups in total. The number of nitrogens with zero attached hydrogens (tertiary/aromatic N) is 4. The predicted molar refractivity (Wildman–Crippen MR) is 39.6 cm³/mol. The van der Waals surface area contributed by atoms with Crippen molar-refractivity contribution in [2.45, 2.75) is 0 Å². The average Bonchev–Trinajstić information content (AvgIpc) is 2.34. The van der Waals surface area contributed by atoms with Crippen molar-refractivity contribution in [3.63, 3.8) is 0 Å². The van der Waals surface area contributed by atoms with Crippen LogP contribution in [-0.4, -0.2) is 19.8 Å². The highest BCUT2D eigenvalue weighted by atomic mass is 15.4. The third-order valence-electron chi connectivity index (χ3n) is 1.33. The van der Waals surface area contributed by atoms with Gasteiger partial charge in [-0.1, -0.05) is 5.21 Å². The normalized spacial score (nSPS) is 10.5. The van der Waals surface area contributed by atoms with Crippen molar-refractivity contribution in [3.05, 3.63) is 12.3 Å². The summed E-state index contributed by atoms with van der Waals surface area (Å²) in [7, 11) is 0. The first-order chi connectivity index (χ1) is 5.27. The van der Waals surface area contributed by atoms with Gasteiger partial charge in [0, 0.05) is 6.07 Å². The van der Waals surface area contributed by atoms with Gasteiger partial charge in [-0.2, -0.15) is 9.50 Å². The van der Waals surface area contributed by atoms with Crippen molar-refractivity contribution >= 4 is 17.3 Å². The van der Waals surface area contributed by atoms with E-state index in [1.54, 1.807) is 12.3 Å². The number of hydrogen-bond donors (Lipinski definition) is 2. The topological polar surface area (TPSA) is 95.1 Å². The summed E-state index contributed by atoms with van der Waals surface area (Å²) in [6.07, 6.45) is 1.56. The maximum atomic E-state index is 5.47. The summed E-state index contributed by atoms with van der Waals surface area (Å²) in [5, 5.41) is 7.32. The standard InChI is InChI=1S/C5H6N6/c6-4-1-3-2-8-10-11(3)5(7)9-4/h1-2H,6H2,(H2,7,9). The van der Waals surface area contributed by atoms with Crippen LogP contribution in [0.4, 0.5) is 11.8 Å². The van der Waals surface area contributed by atoms with E-state index in [0.717, 1.165) is 5.52 Å². The fourth-order valence-corrected chi connectivity index (χ4v) is 0.883. The molecule has 2 aromatic heterocycles. The number of hydrogen-bond acceptors (Lipinski definition) is 5. The van der Waals surface area contributed by atoms with Gasteiger partial charge in [0.2, 0.25) is 5.95 Å². The molecule has 2 aromatic rings. The van der Waals surface area contributed by atoms with Crippen LogP contribution in [0.5, 0.6) is 0 Å².